The van der Waals surface area contributed by atoms with Gasteiger partial charge in [-0.05, 0) is 31.2 Å². The number of nitrogens with zero attached hydrogens (tertiary/aromatic N) is 1. The van der Waals surface area contributed by atoms with Gasteiger partial charge in [-0.15, -0.1) is 24.0 Å². The number of rotatable bonds is 7. The molecule has 1 aromatic carbocycles. The molecule has 1 aliphatic rings. The number of aliphatic imine (C=N–C) groups is 1. The van der Waals surface area contributed by atoms with E-state index in [2.05, 4.69) is 20.9 Å². The topological polar surface area (TPSA) is 65.5 Å². The minimum Gasteiger partial charge on any atom is -0.357 e. The summed E-state index contributed by atoms with van der Waals surface area (Å²) in [6.45, 7) is 4.44. The first-order valence-corrected chi connectivity index (χ1v) is 7.60. The molecule has 3 N–H and O–H groups in total. The molecule has 1 fully saturated rings. The van der Waals surface area contributed by atoms with Gasteiger partial charge >= 0.3 is 0 Å². The molecule has 122 valence electrons. The van der Waals surface area contributed by atoms with Crippen LogP contribution in [0.2, 0.25) is 0 Å². The molecular weight excluding hydrogens is 391 g/mol. The Morgan fingerprint density at radius 1 is 1.18 bits per heavy atom. The zero-order chi connectivity index (χ0) is 14.9. The van der Waals surface area contributed by atoms with Gasteiger partial charge in [-0.2, -0.15) is 0 Å². The number of halogens is 1. The van der Waals surface area contributed by atoms with Gasteiger partial charge in [0, 0.05) is 19.6 Å². The number of hydrogen-bond acceptors (Lipinski definition) is 2. The van der Waals surface area contributed by atoms with Gasteiger partial charge < -0.3 is 16.0 Å². The van der Waals surface area contributed by atoms with Crippen molar-refractivity contribution < 1.29 is 4.79 Å². The molecule has 0 bridgehead atoms. The zero-order valence-electron chi connectivity index (χ0n) is 13.0. The Kier molecular flexibility index (Phi) is 8.88. The van der Waals surface area contributed by atoms with Crippen LogP contribution in [0.4, 0.5) is 0 Å². The summed E-state index contributed by atoms with van der Waals surface area (Å²) in [6, 6.07) is 9.87. The van der Waals surface area contributed by atoms with Crippen molar-refractivity contribution >= 4 is 35.8 Å². The lowest BCUT2D eigenvalue weighted by Crippen LogP contribution is -2.39. The Hall–Kier alpha value is -1.31. The van der Waals surface area contributed by atoms with E-state index in [-0.39, 0.29) is 36.4 Å². The number of benzene rings is 1. The van der Waals surface area contributed by atoms with Crippen LogP contribution in [0, 0.1) is 5.92 Å². The summed E-state index contributed by atoms with van der Waals surface area (Å²) < 4.78 is 0. The van der Waals surface area contributed by atoms with E-state index in [1.54, 1.807) is 0 Å². The Labute approximate surface area is 149 Å². The summed E-state index contributed by atoms with van der Waals surface area (Å²) in [5.74, 6) is 1.43. The van der Waals surface area contributed by atoms with Crippen LogP contribution < -0.4 is 16.0 Å². The van der Waals surface area contributed by atoms with Gasteiger partial charge in [-0.1, -0.05) is 30.3 Å². The first kappa shape index (κ1) is 18.7. The van der Waals surface area contributed by atoms with Crippen LogP contribution in [0.25, 0.3) is 0 Å². The standard InChI is InChI=1S/C16H24N4O.HI/c1-2-17-16(19-11-14-8-9-14)20-12-15(21)18-10-13-6-4-3-5-7-13;/h3-7,14H,2,8-12H2,1H3,(H,18,21)(H2,17,19,20);1H. The van der Waals surface area contributed by atoms with E-state index in [4.69, 9.17) is 0 Å². The van der Waals surface area contributed by atoms with Crippen LogP contribution in [0.15, 0.2) is 35.3 Å². The van der Waals surface area contributed by atoms with Crippen LogP contribution in [0.5, 0.6) is 0 Å². The van der Waals surface area contributed by atoms with Crippen LogP contribution in [-0.2, 0) is 11.3 Å². The lowest BCUT2D eigenvalue weighted by Gasteiger charge is -2.10. The second-order valence-electron chi connectivity index (χ2n) is 5.28. The van der Waals surface area contributed by atoms with Crippen LogP contribution in [0.1, 0.15) is 25.3 Å². The van der Waals surface area contributed by atoms with Crippen molar-refractivity contribution in [3.05, 3.63) is 35.9 Å². The normalized spacial score (nSPS) is 14.0. The fraction of sp³-hybridized carbons (Fsp3) is 0.500. The summed E-state index contributed by atoms with van der Waals surface area (Å²) in [5.41, 5.74) is 1.09. The molecule has 2 rings (SSSR count). The number of amides is 1. The zero-order valence-corrected chi connectivity index (χ0v) is 15.3. The molecule has 0 atom stereocenters. The predicted octanol–water partition coefficient (Wildman–Crippen LogP) is 1.89. The first-order valence-electron chi connectivity index (χ1n) is 7.60. The Morgan fingerprint density at radius 3 is 2.55 bits per heavy atom. The highest BCUT2D eigenvalue weighted by atomic mass is 127. The Balaban J connectivity index is 0.00000242. The largest absolute Gasteiger partial charge is 0.357 e. The molecule has 1 saturated carbocycles. The van der Waals surface area contributed by atoms with Crippen molar-refractivity contribution in [2.45, 2.75) is 26.3 Å². The molecule has 0 spiro atoms. The molecule has 0 heterocycles. The van der Waals surface area contributed by atoms with Crippen molar-refractivity contribution in [1.82, 2.24) is 16.0 Å². The molecule has 1 aliphatic carbocycles. The van der Waals surface area contributed by atoms with Crippen LogP contribution >= 0.6 is 24.0 Å². The third-order valence-electron chi connectivity index (χ3n) is 3.31. The van der Waals surface area contributed by atoms with E-state index in [0.717, 1.165) is 30.5 Å². The van der Waals surface area contributed by atoms with E-state index in [1.165, 1.54) is 12.8 Å². The number of nitrogens with one attached hydrogen (secondary N) is 3. The van der Waals surface area contributed by atoms with Gasteiger partial charge in [0.1, 0.15) is 6.54 Å². The van der Waals surface area contributed by atoms with Crippen LogP contribution in [-0.4, -0.2) is 31.5 Å². The average molecular weight is 416 g/mol. The highest BCUT2D eigenvalue weighted by Gasteiger charge is 2.21. The van der Waals surface area contributed by atoms with E-state index in [9.17, 15) is 4.79 Å². The monoisotopic (exact) mass is 416 g/mol. The molecule has 1 amide bonds. The van der Waals surface area contributed by atoms with E-state index in [1.807, 2.05) is 37.3 Å². The third-order valence-corrected chi connectivity index (χ3v) is 3.31. The fourth-order valence-electron chi connectivity index (χ4n) is 1.91. The van der Waals surface area contributed by atoms with Gasteiger partial charge in [0.25, 0.3) is 0 Å². The predicted molar refractivity (Wildman–Crippen MR) is 100 cm³/mol. The Morgan fingerprint density at radius 2 is 1.91 bits per heavy atom. The molecule has 0 saturated heterocycles. The smallest absolute Gasteiger partial charge is 0.242 e. The lowest BCUT2D eigenvalue weighted by atomic mass is 10.2. The highest BCUT2D eigenvalue weighted by Crippen LogP contribution is 2.27. The molecule has 0 aliphatic heterocycles. The first-order chi connectivity index (χ1) is 10.3. The molecular formula is C16H25IN4O. The molecule has 0 radical (unpaired) electrons. The van der Waals surface area contributed by atoms with Crippen molar-refractivity contribution in [1.29, 1.82) is 0 Å². The molecule has 0 aromatic heterocycles. The SMILES string of the molecule is CCNC(=NCC(=O)NCc1ccccc1)NCC1CC1.I. The quantitative estimate of drug-likeness (QED) is 0.362. The van der Waals surface area contributed by atoms with Crippen molar-refractivity contribution in [2.75, 3.05) is 19.6 Å². The third kappa shape index (κ3) is 7.63. The van der Waals surface area contributed by atoms with Crippen molar-refractivity contribution in [3.8, 4) is 0 Å². The van der Waals surface area contributed by atoms with Gasteiger partial charge in [0.05, 0.1) is 0 Å². The highest BCUT2D eigenvalue weighted by molar-refractivity contribution is 14.0. The molecule has 0 unspecified atom stereocenters. The second-order valence-corrected chi connectivity index (χ2v) is 5.28. The fourth-order valence-corrected chi connectivity index (χ4v) is 1.91. The van der Waals surface area contributed by atoms with Gasteiger partial charge in [0.15, 0.2) is 5.96 Å². The number of carbonyl (C=O) groups excluding carboxylic acids is 1. The maximum absolute atomic E-state index is 11.8. The minimum absolute atomic E-state index is 0. The van der Waals surface area contributed by atoms with Crippen molar-refractivity contribution in [3.63, 3.8) is 0 Å². The average Bonchev–Trinajstić information content (AvgIpc) is 3.33. The van der Waals surface area contributed by atoms with E-state index >= 15 is 0 Å². The van der Waals surface area contributed by atoms with E-state index in [0.29, 0.717) is 6.54 Å². The summed E-state index contributed by atoms with van der Waals surface area (Å²) in [6.07, 6.45) is 2.59. The van der Waals surface area contributed by atoms with Gasteiger partial charge in [-0.3, -0.25) is 4.79 Å². The Bertz CT molecular complexity index is 474. The molecule has 5 nitrogen and oxygen atoms in total. The molecule has 1 aromatic rings. The number of hydrogen-bond donors (Lipinski definition) is 3. The van der Waals surface area contributed by atoms with E-state index < -0.39 is 0 Å². The maximum Gasteiger partial charge on any atom is 0.242 e. The van der Waals surface area contributed by atoms with Gasteiger partial charge in [0.2, 0.25) is 5.91 Å². The molecule has 22 heavy (non-hydrogen) atoms. The van der Waals surface area contributed by atoms with Crippen molar-refractivity contribution in [2.24, 2.45) is 10.9 Å². The van der Waals surface area contributed by atoms with Crippen LogP contribution in [0.3, 0.4) is 0 Å². The maximum atomic E-state index is 11.8. The number of guanidine groups is 1. The summed E-state index contributed by atoms with van der Waals surface area (Å²) in [4.78, 5) is 16.1. The minimum atomic E-state index is -0.0671. The summed E-state index contributed by atoms with van der Waals surface area (Å²) in [5, 5.41) is 9.30. The number of carbonyl (C=O) groups is 1. The molecule has 6 heteroatoms. The second kappa shape index (κ2) is 10.4. The lowest BCUT2D eigenvalue weighted by molar-refractivity contribution is -0.119. The summed E-state index contributed by atoms with van der Waals surface area (Å²) >= 11 is 0. The summed E-state index contributed by atoms with van der Waals surface area (Å²) in [7, 11) is 0. The van der Waals surface area contributed by atoms with Gasteiger partial charge in [-0.25, -0.2) is 4.99 Å².